The second kappa shape index (κ2) is 9.30. The van der Waals surface area contributed by atoms with E-state index in [-0.39, 0.29) is 23.8 Å². The highest BCUT2D eigenvalue weighted by molar-refractivity contribution is 5.83. The lowest BCUT2D eigenvalue weighted by atomic mass is 9.87. The van der Waals surface area contributed by atoms with Gasteiger partial charge in [-0.15, -0.1) is 0 Å². The van der Waals surface area contributed by atoms with Crippen molar-refractivity contribution in [2.75, 3.05) is 19.4 Å². The Morgan fingerprint density at radius 2 is 1.64 bits per heavy atom. The van der Waals surface area contributed by atoms with Crippen molar-refractivity contribution < 1.29 is 4.79 Å². The summed E-state index contributed by atoms with van der Waals surface area (Å²) in [6, 6.07) is 12.8. The van der Waals surface area contributed by atoms with E-state index in [1.807, 2.05) is 44.8 Å². The largest absolute Gasteiger partial charge is 0.364 e. The Labute approximate surface area is 211 Å². The van der Waals surface area contributed by atoms with Gasteiger partial charge >= 0.3 is 0 Å². The van der Waals surface area contributed by atoms with Gasteiger partial charge in [0.15, 0.2) is 5.82 Å². The summed E-state index contributed by atoms with van der Waals surface area (Å²) in [5, 5.41) is 3.65. The zero-order valence-corrected chi connectivity index (χ0v) is 20.6. The number of rotatable bonds is 7. The molecule has 0 spiro atoms. The first-order chi connectivity index (χ1) is 17.5. The molecule has 1 aromatic carbocycles. The Balaban J connectivity index is 1.23. The average molecular weight is 479 g/mol. The first-order valence-corrected chi connectivity index (χ1v) is 12.6. The number of allylic oxidation sites excluding steroid dienone is 1. The molecular weight excluding hydrogens is 448 g/mol. The van der Waals surface area contributed by atoms with E-state index in [0.29, 0.717) is 18.8 Å². The lowest BCUT2D eigenvalue weighted by molar-refractivity contribution is -0.133. The Hall–Kier alpha value is -3.87. The smallest absolute Gasteiger partial charge is 0.227 e. The van der Waals surface area contributed by atoms with Crippen LogP contribution in [0.5, 0.6) is 0 Å². The predicted octanol–water partition coefficient (Wildman–Crippen LogP) is 4.00. The van der Waals surface area contributed by atoms with E-state index >= 15 is 0 Å². The number of carbonyl (C=O) groups excluding carboxylic acids is 1. The topological polar surface area (TPSA) is 83.4 Å². The van der Waals surface area contributed by atoms with Crippen LogP contribution >= 0.6 is 0 Å². The molecule has 36 heavy (non-hydrogen) atoms. The average Bonchev–Trinajstić information content (AvgIpc) is 3.62. The van der Waals surface area contributed by atoms with Gasteiger partial charge in [-0.1, -0.05) is 36.4 Å². The van der Waals surface area contributed by atoms with Gasteiger partial charge in [-0.3, -0.25) is 14.8 Å². The zero-order valence-electron chi connectivity index (χ0n) is 20.6. The minimum atomic E-state index is -0.0811. The molecule has 3 aliphatic rings. The Morgan fingerprint density at radius 3 is 2.39 bits per heavy atom. The number of benzene rings is 1. The lowest BCUT2D eigenvalue weighted by Gasteiger charge is -2.30. The summed E-state index contributed by atoms with van der Waals surface area (Å²) in [4.78, 5) is 33.1. The number of hydrogen-bond acceptors (Lipinski definition) is 6. The molecule has 1 aliphatic heterocycles. The summed E-state index contributed by atoms with van der Waals surface area (Å²) in [6.07, 6.45) is 13.3. The fourth-order valence-electron chi connectivity index (χ4n) is 5.74. The number of aromatic nitrogens is 3. The normalized spacial score (nSPS) is 23.2. The number of amides is 1. The van der Waals surface area contributed by atoms with Crippen molar-refractivity contribution in [3.8, 4) is 0 Å². The quantitative estimate of drug-likeness (QED) is 0.519. The molecule has 3 aromatic rings. The number of hydrogen-bond donors (Lipinski definition) is 1. The molecule has 3 heterocycles. The van der Waals surface area contributed by atoms with Crippen LogP contribution in [0, 0.1) is 17.8 Å². The van der Waals surface area contributed by atoms with Gasteiger partial charge < -0.3 is 10.2 Å². The van der Waals surface area contributed by atoms with Crippen molar-refractivity contribution >= 4 is 23.6 Å². The highest BCUT2D eigenvalue weighted by atomic mass is 16.2. The minimum absolute atomic E-state index is 0.0185. The van der Waals surface area contributed by atoms with Gasteiger partial charge in [-0.2, -0.15) is 0 Å². The van der Waals surface area contributed by atoms with E-state index in [4.69, 9.17) is 9.97 Å². The Bertz CT molecular complexity index is 1330. The lowest BCUT2D eigenvalue weighted by Crippen LogP contribution is -2.43. The molecule has 7 nitrogen and oxygen atoms in total. The number of pyridine rings is 1. The predicted molar refractivity (Wildman–Crippen MR) is 141 cm³/mol. The van der Waals surface area contributed by atoms with E-state index in [0.717, 1.165) is 35.9 Å². The van der Waals surface area contributed by atoms with Gasteiger partial charge in [-0.25, -0.2) is 9.97 Å². The summed E-state index contributed by atoms with van der Waals surface area (Å²) >= 11 is 0. The van der Waals surface area contributed by atoms with Crippen LogP contribution in [0.1, 0.15) is 34.6 Å². The van der Waals surface area contributed by atoms with Gasteiger partial charge in [-0.05, 0) is 53.5 Å². The van der Waals surface area contributed by atoms with Gasteiger partial charge in [0, 0.05) is 51.6 Å². The molecule has 6 rings (SSSR count). The van der Waals surface area contributed by atoms with E-state index in [1.54, 1.807) is 4.90 Å². The highest BCUT2D eigenvalue weighted by Crippen LogP contribution is 2.46. The molecule has 0 radical (unpaired) electrons. The standard InChI is InChI=1S/C29H30N6O/c1-35(2)29(36)25-21-7-8-22(17-21)26(25)34-28-27-23(11-14-31-27)32-24(33-28)16-19-5-3-18(4-6-19)15-20-9-12-30-13-10-20/h3-10,12-14,21-22,25-26H,11,15-17H2,1-2H3,(H,32,33,34). The number of aliphatic imine (C=N–C) groups is 1. The molecule has 1 amide bonds. The van der Waals surface area contributed by atoms with Crippen molar-refractivity contribution in [3.63, 3.8) is 0 Å². The molecule has 7 heteroatoms. The number of nitrogens with zero attached hydrogens (tertiary/aromatic N) is 5. The summed E-state index contributed by atoms with van der Waals surface area (Å²) < 4.78 is 0. The molecule has 4 atom stereocenters. The molecule has 1 saturated carbocycles. The Morgan fingerprint density at radius 1 is 0.944 bits per heavy atom. The van der Waals surface area contributed by atoms with Gasteiger partial charge in [0.2, 0.25) is 5.91 Å². The van der Waals surface area contributed by atoms with Gasteiger partial charge in [0.1, 0.15) is 11.5 Å². The van der Waals surface area contributed by atoms with Crippen molar-refractivity contribution in [1.82, 2.24) is 19.9 Å². The van der Waals surface area contributed by atoms with E-state index in [2.05, 4.69) is 51.7 Å². The monoisotopic (exact) mass is 478 g/mol. The maximum absolute atomic E-state index is 13.0. The summed E-state index contributed by atoms with van der Waals surface area (Å²) in [6.45, 7) is 0. The molecule has 1 N–H and O–H groups in total. The van der Waals surface area contributed by atoms with Crippen LogP contribution in [-0.2, 0) is 24.1 Å². The molecule has 4 unspecified atom stereocenters. The fourth-order valence-corrected chi connectivity index (χ4v) is 5.74. The second-order valence-corrected chi connectivity index (χ2v) is 10.2. The van der Waals surface area contributed by atoms with Crippen LogP contribution in [0.4, 0.5) is 11.5 Å². The van der Waals surface area contributed by atoms with E-state index in [1.165, 1.54) is 16.7 Å². The van der Waals surface area contributed by atoms with Crippen molar-refractivity contribution in [1.29, 1.82) is 0 Å². The SMILES string of the molecule is CN(C)C(=O)C1C2C=CC(C2)C1Nc1nc(Cc2ccc(Cc3ccncc3)cc2)nc2c1N=CC2. The molecule has 0 saturated heterocycles. The number of nitrogens with one attached hydrogen (secondary N) is 1. The minimum Gasteiger partial charge on any atom is -0.364 e. The molecule has 182 valence electrons. The van der Waals surface area contributed by atoms with Crippen LogP contribution < -0.4 is 5.32 Å². The van der Waals surface area contributed by atoms with Gasteiger partial charge in [0.05, 0.1) is 11.6 Å². The Kier molecular flexibility index (Phi) is 5.83. The highest BCUT2D eigenvalue weighted by Gasteiger charge is 2.49. The number of fused-ring (bicyclic) bond motifs is 3. The van der Waals surface area contributed by atoms with Gasteiger partial charge in [0.25, 0.3) is 0 Å². The summed E-state index contributed by atoms with van der Waals surface area (Å²) in [5.74, 6) is 2.23. The van der Waals surface area contributed by atoms with Crippen LogP contribution in [0.2, 0.25) is 0 Å². The maximum Gasteiger partial charge on any atom is 0.227 e. The van der Waals surface area contributed by atoms with Crippen LogP contribution in [0.25, 0.3) is 0 Å². The van der Waals surface area contributed by atoms with Crippen molar-refractivity contribution in [2.24, 2.45) is 22.7 Å². The van der Waals surface area contributed by atoms with Crippen molar-refractivity contribution in [2.45, 2.75) is 31.7 Å². The molecule has 2 aromatic heterocycles. The first kappa shape index (κ1) is 22.6. The first-order valence-electron chi connectivity index (χ1n) is 12.6. The van der Waals surface area contributed by atoms with Crippen molar-refractivity contribution in [3.05, 3.63) is 89.2 Å². The molecular formula is C29H30N6O. The molecule has 2 bridgehead atoms. The summed E-state index contributed by atoms with van der Waals surface area (Å²) in [7, 11) is 3.67. The van der Waals surface area contributed by atoms with E-state index in [9.17, 15) is 4.79 Å². The van der Waals surface area contributed by atoms with Crippen LogP contribution in [-0.4, -0.2) is 52.1 Å². The molecule has 1 fully saturated rings. The third-order valence-electron chi connectivity index (χ3n) is 7.54. The van der Waals surface area contributed by atoms with Crippen LogP contribution in [0.3, 0.4) is 0 Å². The zero-order chi connectivity index (χ0) is 24.6. The summed E-state index contributed by atoms with van der Waals surface area (Å²) in [5.41, 5.74) is 5.44. The van der Waals surface area contributed by atoms with E-state index < -0.39 is 0 Å². The third kappa shape index (κ3) is 4.30. The second-order valence-electron chi connectivity index (χ2n) is 10.2. The molecule has 2 aliphatic carbocycles. The third-order valence-corrected chi connectivity index (χ3v) is 7.54. The number of anilines is 1. The van der Waals surface area contributed by atoms with Crippen LogP contribution in [0.15, 0.2) is 65.9 Å². The maximum atomic E-state index is 13.0. The number of carbonyl (C=O) groups is 1. The fraction of sp³-hybridized carbons (Fsp3) is 0.345.